The van der Waals surface area contributed by atoms with Gasteiger partial charge >= 0.3 is 0 Å². The Morgan fingerprint density at radius 2 is 1.37 bits per heavy atom. The Kier molecular flexibility index (Phi) is 6.91. The zero-order chi connectivity index (χ0) is 24.2. The molecule has 0 saturated carbocycles. The van der Waals surface area contributed by atoms with Crippen molar-refractivity contribution in [1.82, 2.24) is 14.5 Å². The van der Waals surface area contributed by atoms with E-state index < -0.39 is 0 Å². The predicted molar refractivity (Wildman–Crippen MR) is 142 cm³/mol. The highest BCUT2D eigenvalue weighted by Gasteiger charge is 2.27. The van der Waals surface area contributed by atoms with Gasteiger partial charge in [-0.15, -0.1) is 0 Å². The number of benzene rings is 3. The molecule has 0 aliphatic carbocycles. The number of aryl methyl sites for hydroxylation is 1. The summed E-state index contributed by atoms with van der Waals surface area (Å²) >= 11 is 0. The molecule has 178 valence electrons. The van der Waals surface area contributed by atoms with E-state index in [9.17, 15) is 4.79 Å². The smallest absolute Gasteiger partial charge is 0.259 e. The molecule has 1 aliphatic rings. The molecule has 0 spiro atoms. The minimum atomic E-state index is -0.198. The molecule has 4 aromatic rings. The Morgan fingerprint density at radius 1 is 0.829 bits per heavy atom. The average molecular weight is 464 g/mol. The maximum atomic E-state index is 14.0. The number of hydrogen-bond donors (Lipinski definition) is 0. The van der Waals surface area contributed by atoms with Gasteiger partial charge in [0.05, 0.1) is 17.3 Å². The normalized spacial score (nSPS) is 14.6. The second kappa shape index (κ2) is 10.4. The molecule has 0 bridgehead atoms. The molecule has 0 saturated heterocycles. The van der Waals surface area contributed by atoms with E-state index in [1.54, 1.807) is 0 Å². The van der Waals surface area contributed by atoms with Crippen LogP contribution < -0.4 is 5.56 Å². The topological polar surface area (TPSA) is 38.1 Å². The first-order chi connectivity index (χ1) is 17.1. The Labute approximate surface area is 207 Å². The van der Waals surface area contributed by atoms with Gasteiger partial charge in [-0.05, 0) is 42.5 Å². The van der Waals surface area contributed by atoms with Gasteiger partial charge in [-0.25, -0.2) is 4.98 Å². The summed E-state index contributed by atoms with van der Waals surface area (Å²) in [5.41, 5.74) is 5.47. The lowest BCUT2D eigenvalue weighted by Crippen LogP contribution is -2.40. The first-order valence-electron chi connectivity index (χ1n) is 12.6. The maximum Gasteiger partial charge on any atom is 0.259 e. The number of rotatable bonds is 7. The fourth-order valence-electron chi connectivity index (χ4n) is 5.25. The van der Waals surface area contributed by atoms with E-state index >= 15 is 0 Å². The van der Waals surface area contributed by atoms with Gasteiger partial charge in [0.15, 0.2) is 0 Å². The van der Waals surface area contributed by atoms with Gasteiger partial charge in [0.2, 0.25) is 0 Å². The monoisotopic (exact) mass is 463 g/mol. The lowest BCUT2D eigenvalue weighted by atomic mass is 9.96. The van der Waals surface area contributed by atoms with Crippen LogP contribution in [0.3, 0.4) is 0 Å². The molecule has 2 heterocycles. The molecule has 4 nitrogen and oxygen atoms in total. The summed E-state index contributed by atoms with van der Waals surface area (Å²) in [7, 11) is 0. The van der Waals surface area contributed by atoms with Crippen molar-refractivity contribution >= 4 is 0 Å². The third-order valence-corrected chi connectivity index (χ3v) is 7.25. The molecule has 35 heavy (non-hydrogen) atoms. The van der Waals surface area contributed by atoms with Crippen LogP contribution in [-0.2, 0) is 13.0 Å². The Hall–Kier alpha value is -3.50. The predicted octanol–water partition coefficient (Wildman–Crippen LogP) is 5.74. The molecule has 0 radical (unpaired) electrons. The van der Waals surface area contributed by atoms with E-state index in [4.69, 9.17) is 4.98 Å². The van der Waals surface area contributed by atoms with Crippen molar-refractivity contribution in [2.75, 3.05) is 13.1 Å². The van der Waals surface area contributed by atoms with Crippen LogP contribution in [0, 0.1) is 6.92 Å². The van der Waals surface area contributed by atoms with Gasteiger partial charge in [0.1, 0.15) is 5.82 Å². The van der Waals surface area contributed by atoms with Crippen LogP contribution in [0.2, 0.25) is 0 Å². The van der Waals surface area contributed by atoms with Crippen molar-refractivity contribution in [2.24, 2.45) is 0 Å². The Morgan fingerprint density at radius 3 is 1.94 bits per heavy atom. The Bertz CT molecular complexity index is 1280. The van der Waals surface area contributed by atoms with Crippen molar-refractivity contribution in [3.8, 4) is 0 Å². The summed E-state index contributed by atoms with van der Waals surface area (Å²) in [6, 6.07) is 31.0. The Balaban J connectivity index is 1.45. The molecule has 4 heteroatoms. The molecule has 1 aliphatic heterocycles. The minimum absolute atomic E-state index is 0.0889. The van der Waals surface area contributed by atoms with Crippen LogP contribution >= 0.6 is 0 Å². The van der Waals surface area contributed by atoms with Crippen LogP contribution in [0.25, 0.3) is 0 Å². The molecule has 1 unspecified atom stereocenters. The summed E-state index contributed by atoms with van der Waals surface area (Å²) in [5, 5.41) is 0. The molecule has 0 N–H and O–H groups in total. The van der Waals surface area contributed by atoms with Gasteiger partial charge in [0.25, 0.3) is 5.56 Å². The number of aromatic nitrogens is 2. The summed E-state index contributed by atoms with van der Waals surface area (Å²) in [4.78, 5) is 21.4. The number of fused-ring (bicyclic) bond motifs is 1. The number of hydrogen-bond acceptors (Lipinski definition) is 3. The zero-order valence-electron chi connectivity index (χ0n) is 20.6. The second-order valence-corrected chi connectivity index (χ2v) is 9.61. The highest BCUT2D eigenvalue weighted by molar-refractivity contribution is 5.35. The maximum absolute atomic E-state index is 14.0. The lowest BCUT2D eigenvalue weighted by molar-refractivity contribution is 0.240. The first kappa shape index (κ1) is 23.3. The highest BCUT2D eigenvalue weighted by Crippen LogP contribution is 2.28. The van der Waals surface area contributed by atoms with Crippen molar-refractivity contribution in [1.29, 1.82) is 0 Å². The van der Waals surface area contributed by atoms with Crippen LogP contribution in [0.1, 0.15) is 59.1 Å². The number of nitrogens with zero attached hydrogens (tertiary/aromatic N) is 3. The summed E-state index contributed by atoms with van der Waals surface area (Å²) < 4.78 is 1.90. The van der Waals surface area contributed by atoms with Gasteiger partial charge < -0.3 is 0 Å². The van der Waals surface area contributed by atoms with Crippen LogP contribution in [0.5, 0.6) is 0 Å². The molecule has 1 aromatic heterocycles. The highest BCUT2D eigenvalue weighted by atomic mass is 16.1. The van der Waals surface area contributed by atoms with E-state index in [1.165, 1.54) is 5.56 Å². The first-order valence-corrected chi connectivity index (χ1v) is 12.6. The lowest BCUT2D eigenvalue weighted by Gasteiger charge is -2.31. The molecule has 0 fully saturated rings. The zero-order valence-corrected chi connectivity index (χ0v) is 20.6. The van der Waals surface area contributed by atoms with Gasteiger partial charge in [-0.3, -0.25) is 14.3 Å². The van der Waals surface area contributed by atoms with E-state index in [0.29, 0.717) is 12.5 Å². The van der Waals surface area contributed by atoms with E-state index in [0.717, 1.165) is 54.1 Å². The largest absolute Gasteiger partial charge is 0.298 e. The quantitative estimate of drug-likeness (QED) is 0.351. The third-order valence-electron chi connectivity index (χ3n) is 7.25. The summed E-state index contributed by atoms with van der Waals surface area (Å²) in [6.07, 6.45) is 1.90. The van der Waals surface area contributed by atoms with Crippen molar-refractivity contribution in [3.63, 3.8) is 0 Å². The SMILES string of the molecule is Cc1nc2c(c(=O)n1C(c1ccccc1)c1ccccc1)CN(CCC(C)c1ccccc1)CC2. The van der Waals surface area contributed by atoms with E-state index in [1.807, 2.05) is 47.9 Å². The fourth-order valence-corrected chi connectivity index (χ4v) is 5.25. The van der Waals surface area contributed by atoms with Crippen molar-refractivity contribution in [3.05, 3.63) is 135 Å². The van der Waals surface area contributed by atoms with E-state index in [2.05, 4.69) is 66.4 Å². The molecule has 0 amide bonds. The van der Waals surface area contributed by atoms with Crippen LogP contribution in [0.4, 0.5) is 0 Å². The van der Waals surface area contributed by atoms with Gasteiger partial charge in [-0.2, -0.15) is 0 Å². The average Bonchev–Trinajstić information content (AvgIpc) is 2.91. The van der Waals surface area contributed by atoms with Crippen molar-refractivity contribution in [2.45, 2.75) is 45.2 Å². The van der Waals surface area contributed by atoms with Crippen molar-refractivity contribution < 1.29 is 0 Å². The third kappa shape index (κ3) is 4.98. The standard InChI is InChI=1S/C31H33N3O/c1-23(25-12-6-3-7-13-25)18-20-33-21-19-29-28(22-33)31(35)34(24(2)32-29)30(26-14-8-4-9-15-26)27-16-10-5-11-17-27/h3-17,23,30H,18-22H2,1-2H3. The molecule has 1 atom stereocenters. The molecule has 5 rings (SSSR count). The molecular formula is C31H33N3O. The van der Waals surface area contributed by atoms with Gasteiger partial charge in [0, 0.05) is 19.5 Å². The van der Waals surface area contributed by atoms with Crippen LogP contribution in [-0.4, -0.2) is 27.5 Å². The minimum Gasteiger partial charge on any atom is -0.298 e. The summed E-state index contributed by atoms with van der Waals surface area (Å²) in [5.74, 6) is 1.27. The van der Waals surface area contributed by atoms with E-state index in [-0.39, 0.29) is 11.6 Å². The summed E-state index contributed by atoms with van der Waals surface area (Å²) in [6.45, 7) is 6.85. The fraction of sp³-hybridized carbons (Fsp3) is 0.290. The molecular weight excluding hydrogens is 430 g/mol. The van der Waals surface area contributed by atoms with Gasteiger partial charge in [-0.1, -0.05) is 97.9 Å². The second-order valence-electron chi connectivity index (χ2n) is 9.61. The molecule has 3 aromatic carbocycles. The van der Waals surface area contributed by atoms with Crippen LogP contribution in [0.15, 0.2) is 95.8 Å².